The Morgan fingerprint density at radius 2 is 1.71 bits per heavy atom. The fourth-order valence-electron chi connectivity index (χ4n) is 3.57. The van der Waals surface area contributed by atoms with Gasteiger partial charge in [0, 0.05) is 12.6 Å². The molecule has 0 bridgehead atoms. The number of carbonyl (C=O) groups is 2. The molecular weight excluding hydrogens is 270 g/mol. The first-order valence-electron chi connectivity index (χ1n) is 7.53. The third kappa shape index (κ3) is 2.75. The highest BCUT2D eigenvalue weighted by atomic mass is 16.4. The Kier molecular flexibility index (Phi) is 3.86. The maximum Gasteiger partial charge on any atom is 0.356 e. The molecule has 0 aromatic carbocycles. The van der Waals surface area contributed by atoms with Crippen molar-refractivity contribution in [2.24, 2.45) is 5.92 Å². The fourth-order valence-corrected chi connectivity index (χ4v) is 3.57. The normalized spacial score (nSPS) is 25.2. The van der Waals surface area contributed by atoms with Gasteiger partial charge in [0.1, 0.15) is 5.69 Å². The Morgan fingerprint density at radius 3 is 2.43 bits per heavy atom. The summed E-state index contributed by atoms with van der Waals surface area (Å²) in [6.07, 6.45) is 9.38. The topological polar surface area (TPSA) is 83.4 Å². The molecule has 1 saturated carbocycles. The first-order valence-corrected chi connectivity index (χ1v) is 7.53. The molecule has 1 N–H and O–H groups in total. The molecule has 1 aliphatic carbocycles. The van der Waals surface area contributed by atoms with E-state index in [-0.39, 0.29) is 17.3 Å². The summed E-state index contributed by atoms with van der Waals surface area (Å²) in [7, 11) is 0. The third-order valence-electron chi connectivity index (χ3n) is 4.59. The van der Waals surface area contributed by atoms with E-state index < -0.39 is 5.97 Å². The van der Waals surface area contributed by atoms with E-state index in [1.54, 1.807) is 0 Å². The lowest BCUT2D eigenvalue weighted by atomic mass is 9.78. The number of nitrogens with zero attached hydrogens (tertiary/aromatic N) is 3. The largest absolute Gasteiger partial charge is 0.476 e. The average Bonchev–Trinajstić information content (AvgIpc) is 2.53. The van der Waals surface area contributed by atoms with Crippen molar-refractivity contribution in [2.75, 3.05) is 6.54 Å². The van der Waals surface area contributed by atoms with E-state index in [0.29, 0.717) is 12.0 Å². The summed E-state index contributed by atoms with van der Waals surface area (Å²) < 4.78 is 0. The molecule has 2 heterocycles. The van der Waals surface area contributed by atoms with Crippen molar-refractivity contribution in [3.8, 4) is 0 Å². The Hall–Kier alpha value is -1.98. The van der Waals surface area contributed by atoms with E-state index in [2.05, 4.69) is 9.97 Å². The zero-order valence-corrected chi connectivity index (χ0v) is 11.9. The number of aromatic nitrogens is 2. The molecule has 6 nitrogen and oxygen atoms in total. The van der Waals surface area contributed by atoms with Crippen LogP contribution >= 0.6 is 0 Å². The number of rotatable bonds is 2. The van der Waals surface area contributed by atoms with Gasteiger partial charge in [-0.05, 0) is 31.6 Å². The van der Waals surface area contributed by atoms with Gasteiger partial charge in [0.25, 0.3) is 5.91 Å². The minimum absolute atomic E-state index is 0.115. The molecule has 112 valence electrons. The highest BCUT2D eigenvalue weighted by Crippen LogP contribution is 2.35. The number of carbonyl (C=O) groups excluding carboxylic acids is 1. The summed E-state index contributed by atoms with van der Waals surface area (Å²) in [6, 6.07) is 0.320. The predicted octanol–water partition coefficient (Wildman–Crippen LogP) is 1.97. The summed E-state index contributed by atoms with van der Waals surface area (Å²) in [6.45, 7) is 0.766. The van der Waals surface area contributed by atoms with Crippen LogP contribution in [0, 0.1) is 5.92 Å². The average molecular weight is 289 g/mol. The van der Waals surface area contributed by atoms with Crippen LogP contribution in [0.25, 0.3) is 0 Å². The Bertz CT molecular complexity index is 542. The summed E-state index contributed by atoms with van der Waals surface area (Å²) in [5.74, 6) is -0.634. The molecule has 0 spiro atoms. The quantitative estimate of drug-likeness (QED) is 0.900. The van der Waals surface area contributed by atoms with Gasteiger partial charge in [-0.3, -0.25) is 4.79 Å². The number of piperidine rings is 1. The second kappa shape index (κ2) is 5.79. The zero-order chi connectivity index (χ0) is 14.8. The van der Waals surface area contributed by atoms with Crippen LogP contribution in [0.15, 0.2) is 12.4 Å². The number of hydrogen-bond donors (Lipinski definition) is 1. The first-order chi connectivity index (χ1) is 10.2. The summed E-state index contributed by atoms with van der Waals surface area (Å²) >= 11 is 0. The van der Waals surface area contributed by atoms with Gasteiger partial charge >= 0.3 is 5.97 Å². The van der Waals surface area contributed by atoms with Crippen molar-refractivity contribution >= 4 is 11.9 Å². The molecule has 21 heavy (non-hydrogen) atoms. The zero-order valence-electron chi connectivity index (χ0n) is 11.9. The number of fused-ring (bicyclic) bond motifs is 1. The summed E-state index contributed by atoms with van der Waals surface area (Å²) in [4.78, 5) is 33.1. The highest BCUT2D eigenvalue weighted by Gasteiger charge is 2.36. The van der Waals surface area contributed by atoms with Crippen LogP contribution in [-0.2, 0) is 0 Å². The van der Waals surface area contributed by atoms with Gasteiger partial charge < -0.3 is 10.0 Å². The molecule has 2 aliphatic rings. The van der Waals surface area contributed by atoms with Crippen molar-refractivity contribution in [2.45, 2.75) is 44.6 Å². The van der Waals surface area contributed by atoms with Gasteiger partial charge in [0.15, 0.2) is 5.69 Å². The number of carboxylic acid groups (broad SMARTS) is 1. The van der Waals surface area contributed by atoms with E-state index in [0.717, 1.165) is 25.6 Å². The third-order valence-corrected chi connectivity index (χ3v) is 4.59. The van der Waals surface area contributed by atoms with Crippen LogP contribution in [0.2, 0.25) is 0 Å². The van der Waals surface area contributed by atoms with Gasteiger partial charge in [0.05, 0.1) is 12.4 Å². The molecule has 1 saturated heterocycles. The monoisotopic (exact) mass is 289 g/mol. The Morgan fingerprint density at radius 1 is 1.05 bits per heavy atom. The van der Waals surface area contributed by atoms with E-state index in [1.807, 2.05) is 4.90 Å². The Balaban J connectivity index is 1.78. The molecule has 1 amide bonds. The number of carboxylic acids is 1. The molecule has 1 aromatic heterocycles. The lowest BCUT2D eigenvalue weighted by molar-refractivity contribution is 0.0384. The molecule has 2 atom stereocenters. The van der Waals surface area contributed by atoms with Crippen molar-refractivity contribution in [3.63, 3.8) is 0 Å². The van der Waals surface area contributed by atoms with Crippen molar-refractivity contribution in [1.29, 1.82) is 0 Å². The van der Waals surface area contributed by atoms with Crippen molar-refractivity contribution in [3.05, 3.63) is 23.8 Å². The fraction of sp³-hybridized carbons (Fsp3) is 0.600. The predicted molar refractivity (Wildman–Crippen MR) is 75.0 cm³/mol. The number of likely N-dealkylation sites (tertiary alicyclic amines) is 1. The van der Waals surface area contributed by atoms with Crippen LogP contribution < -0.4 is 0 Å². The summed E-state index contributed by atoms with van der Waals surface area (Å²) in [5.41, 5.74) is 0.104. The molecular formula is C15H19N3O3. The van der Waals surface area contributed by atoms with Crippen LogP contribution in [-0.4, -0.2) is 44.4 Å². The number of amides is 1. The van der Waals surface area contributed by atoms with Crippen LogP contribution in [0.5, 0.6) is 0 Å². The number of hydrogen-bond acceptors (Lipinski definition) is 4. The van der Waals surface area contributed by atoms with E-state index in [4.69, 9.17) is 5.11 Å². The van der Waals surface area contributed by atoms with E-state index in [9.17, 15) is 9.59 Å². The maximum atomic E-state index is 12.6. The van der Waals surface area contributed by atoms with Crippen LogP contribution in [0.3, 0.4) is 0 Å². The molecule has 1 aromatic rings. The Labute approximate surface area is 123 Å². The second-order valence-corrected chi connectivity index (χ2v) is 5.84. The van der Waals surface area contributed by atoms with E-state index >= 15 is 0 Å². The molecule has 1 aliphatic heterocycles. The SMILES string of the molecule is O=C(O)c1cnc(C(=O)N2CCC[C@H]3CCCC[C@H]32)cn1. The molecule has 0 radical (unpaired) electrons. The van der Waals surface area contributed by atoms with Crippen LogP contribution in [0.4, 0.5) is 0 Å². The smallest absolute Gasteiger partial charge is 0.356 e. The lowest BCUT2D eigenvalue weighted by Crippen LogP contribution is -2.49. The first kappa shape index (κ1) is 14.0. The molecule has 2 fully saturated rings. The lowest BCUT2D eigenvalue weighted by Gasteiger charge is -2.43. The van der Waals surface area contributed by atoms with Crippen molar-refractivity contribution in [1.82, 2.24) is 14.9 Å². The van der Waals surface area contributed by atoms with Gasteiger partial charge in [-0.1, -0.05) is 12.8 Å². The maximum absolute atomic E-state index is 12.6. The van der Waals surface area contributed by atoms with Gasteiger partial charge in [-0.15, -0.1) is 0 Å². The minimum Gasteiger partial charge on any atom is -0.476 e. The standard InChI is InChI=1S/C15H19N3O3/c19-14(11-8-17-12(9-16-11)15(20)21)18-7-3-5-10-4-1-2-6-13(10)18/h8-10,13H,1-7H2,(H,20,21)/t10-,13-/m1/s1. The van der Waals surface area contributed by atoms with Crippen molar-refractivity contribution < 1.29 is 14.7 Å². The van der Waals surface area contributed by atoms with Gasteiger partial charge in [-0.25, -0.2) is 14.8 Å². The highest BCUT2D eigenvalue weighted by molar-refractivity contribution is 5.93. The minimum atomic E-state index is -1.13. The van der Waals surface area contributed by atoms with Gasteiger partial charge in [-0.2, -0.15) is 0 Å². The van der Waals surface area contributed by atoms with Gasteiger partial charge in [0.2, 0.25) is 0 Å². The summed E-state index contributed by atoms with van der Waals surface area (Å²) in [5, 5.41) is 8.82. The number of aromatic carboxylic acids is 1. The molecule has 3 rings (SSSR count). The second-order valence-electron chi connectivity index (χ2n) is 5.84. The molecule has 6 heteroatoms. The van der Waals surface area contributed by atoms with Crippen LogP contribution in [0.1, 0.15) is 59.5 Å². The van der Waals surface area contributed by atoms with E-state index in [1.165, 1.54) is 31.9 Å². The molecule has 0 unspecified atom stereocenters.